The van der Waals surface area contributed by atoms with E-state index in [0.29, 0.717) is 53.3 Å². The van der Waals surface area contributed by atoms with Crippen molar-refractivity contribution in [3.05, 3.63) is 245 Å². The zero-order valence-electron chi connectivity index (χ0n) is 70.3. The first kappa shape index (κ1) is 82.9. The number of ether oxygens (including phenoxy) is 3. The largest absolute Gasteiger partial charge is 0.586 e. The van der Waals surface area contributed by atoms with Gasteiger partial charge in [-0.25, -0.2) is 49.5 Å². The third-order valence-electron chi connectivity index (χ3n) is 21.1. The van der Waals surface area contributed by atoms with Crippen molar-refractivity contribution in [3.63, 3.8) is 0 Å². The van der Waals surface area contributed by atoms with Crippen LogP contribution >= 0.6 is 22.7 Å². The zero-order valence-corrected chi connectivity index (χ0v) is 72.9. The molecule has 6 aromatic carbocycles. The van der Waals surface area contributed by atoms with Crippen LogP contribution in [0.15, 0.2) is 176 Å². The molecule has 0 aliphatic carbocycles. The number of methoxy groups -OCH3 is 1. The van der Waals surface area contributed by atoms with Crippen LogP contribution in [0.25, 0.3) is 76.6 Å². The summed E-state index contributed by atoms with van der Waals surface area (Å²) in [5, 5.41) is 9.70. The minimum Gasteiger partial charge on any atom is -0.441 e. The molecule has 2 aliphatic rings. The van der Waals surface area contributed by atoms with E-state index in [9.17, 15) is 8.78 Å². The summed E-state index contributed by atoms with van der Waals surface area (Å²) in [6, 6.07) is 28.9. The molecule has 0 atom stereocenters. The fraction of sp³-hybridized carbons (Fsp3) is 0.356. The summed E-state index contributed by atoms with van der Waals surface area (Å²) in [6.45, 7) is 41.5. The maximum Gasteiger partial charge on any atom is 0.586 e. The number of hydrogen-bond acceptors (Lipinski definition) is 16. The van der Waals surface area contributed by atoms with Crippen molar-refractivity contribution >= 4 is 78.4 Å². The molecule has 0 fully saturated rings. The first-order valence-corrected chi connectivity index (χ1v) is 44.6. The van der Waals surface area contributed by atoms with Crippen LogP contribution in [0.2, 0.25) is 19.1 Å². The van der Waals surface area contributed by atoms with Gasteiger partial charge in [0, 0.05) is 56.4 Å². The first-order valence-electron chi connectivity index (χ1n) is 39.6. The number of aromatic nitrogens is 17. The van der Waals surface area contributed by atoms with Crippen LogP contribution < -0.4 is 14.7 Å². The summed E-state index contributed by atoms with van der Waals surface area (Å²) < 4.78 is 63.1. The maximum atomic E-state index is 13.4. The van der Waals surface area contributed by atoms with E-state index >= 15 is 0 Å². The number of thiophene rings is 1. The highest BCUT2D eigenvalue weighted by Crippen LogP contribution is 2.49. The molecule has 12 heterocycles. The molecule has 0 N–H and O–H groups in total. The summed E-state index contributed by atoms with van der Waals surface area (Å²) in [7, 11) is 2.43. The van der Waals surface area contributed by atoms with Gasteiger partial charge in [0.2, 0.25) is 0 Å². The molecule has 604 valence electrons. The summed E-state index contributed by atoms with van der Waals surface area (Å²) in [5.41, 5.74) is 27.2. The number of benzene rings is 6. The van der Waals surface area contributed by atoms with Gasteiger partial charge in [0.15, 0.2) is 29.3 Å². The number of fused-ring (bicyclic) bond motifs is 6. The highest BCUT2D eigenvalue weighted by Gasteiger charge is 2.46. The van der Waals surface area contributed by atoms with Gasteiger partial charge in [-0.05, 0) is 169 Å². The highest BCUT2D eigenvalue weighted by atomic mass is 32.1. The molecule has 2 aliphatic heterocycles. The van der Waals surface area contributed by atoms with Gasteiger partial charge in [-0.3, -0.25) is 0 Å². The smallest absolute Gasteiger partial charge is 0.441 e. The molecule has 116 heavy (non-hydrogen) atoms. The van der Waals surface area contributed by atoms with E-state index in [-0.39, 0.29) is 17.4 Å². The van der Waals surface area contributed by atoms with Gasteiger partial charge >= 0.3 is 6.29 Å². The molecule has 0 saturated carbocycles. The lowest BCUT2D eigenvalue weighted by Gasteiger charge is -2.24. The number of rotatable bonds is 15. The predicted molar refractivity (Wildman–Crippen MR) is 465 cm³/mol. The van der Waals surface area contributed by atoms with Crippen molar-refractivity contribution in [3.8, 4) is 45.6 Å². The molecular weight excluding hydrogens is 1510 g/mol. The summed E-state index contributed by atoms with van der Waals surface area (Å²) in [6.07, 6.45) is 22.7. The lowest BCUT2D eigenvalue weighted by Crippen LogP contribution is -2.40. The topological polar surface area (TPSA) is 204 Å². The van der Waals surface area contributed by atoms with Crippen LogP contribution in [0.5, 0.6) is 11.5 Å². The van der Waals surface area contributed by atoms with Crippen molar-refractivity contribution in [2.45, 2.75) is 198 Å². The molecule has 0 bridgehead atoms. The molecule has 0 radical (unpaired) electrons. The average Bonchev–Trinajstić information content (AvgIpc) is 1.61. The monoisotopic (exact) mass is 1620 g/mol. The van der Waals surface area contributed by atoms with Gasteiger partial charge in [0.1, 0.15) is 24.0 Å². The molecular formula is C90H105F2N17O4S2Si. The van der Waals surface area contributed by atoms with Gasteiger partial charge in [0.25, 0.3) is 0 Å². The average molecular weight is 1620 g/mol. The van der Waals surface area contributed by atoms with Gasteiger partial charge in [0.05, 0.1) is 129 Å². The Morgan fingerprint density at radius 1 is 0.483 bits per heavy atom. The number of imidazole rings is 6. The standard InChI is InChI=1S/C17H24N2Si.C16H20N4.C15H16N2S.C14H14F2N2O2.C14H16N4OS.C14H15N3O/c1-12(2)14-6-7-16(19-10-13(3)18-11-19)15-8-9-20(4,5)17(14)15;1-5-12-8-20(10-17-12)14-7-6-13(11(2)3)16-15(14)18-9-19(16)4;1-10(2)12-4-5-14(15-13(12)6-7-18-15)17-8-11(3)16-9-17;1-8(2)10-4-5-11(18-6-9(3)17-7-18)13-12(10)19-14(15,16)20-13;1-9(2)10-4-5-11(14-13(10)16-8-20-14)18-7-15-12(17-18)6-19-3;1-9(2)11-4-5-12(14-13(11)16-8-18-14)17-6-10(3)15-7-17/h6-7,10-12H,8-9H2,1-5H3;6-11H,5H2,1-4H3;4-10H,1-3H3;4-8H,1-3H3;4-5,7-9H,6H2,1-3H3;4-9H,1-3H3. The normalized spacial score (nSPS) is 13.2. The van der Waals surface area contributed by atoms with Gasteiger partial charge in [-0.2, -0.15) is 0 Å². The Kier molecular flexibility index (Phi) is 24.9. The number of aryl methyl sites for hydroxylation is 6. The number of nitrogens with zero attached hydrogens (tertiary/aromatic N) is 17. The van der Waals surface area contributed by atoms with E-state index in [0.717, 1.165) is 78.8 Å². The molecule has 10 aromatic heterocycles. The predicted octanol–water partition coefficient (Wildman–Crippen LogP) is 22.0. The first-order chi connectivity index (χ1) is 55.4. The molecule has 0 spiro atoms. The maximum absolute atomic E-state index is 13.4. The van der Waals surface area contributed by atoms with Crippen LogP contribution in [0.4, 0.5) is 8.78 Å². The number of oxazole rings is 1. The number of alkyl halides is 2. The van der Waals surface area contributed by atoms with E-state index in [4.69, 9.17) is 9.15 Å². The van der Waals surface area contributed by atoms with Crippen LogP contribution in [-0.4, -0.2) is 104 Å². The van der Waals surface area contributed by atoms with E-state index in [1.165, 1.54) is 68.1 Å². The van der Waals surface area contributed by atoms with Crippen LogP contribution in [0, 0.1) is 27.7 Å². The summed E-state index contributed by atoms with van der Waals surface area (Å²) in [4.78, 5) is 39.1. The zero-order chi connectivity index (χ0) is 82.8. The molecule has 0 amide bonds. The van der Waals surface area contributed by atoms with Crippen LogP contribution in [0.3, 0.4) is 0 Å². The number of halogens is 2. The lowest BCUT2D eigenvalue weighted by molar-refractivity contribution is -0.286. The molecule has 26 heteroatoms. The van der Waals surface area contributed by atoms with Crippen molar-refractivity contribution in [2.24, 2.45) is 7.05 Å². The highest BCUT2D eigenvalue weighted by molar-refractivity contribution is 7.17. The van der Waals surface area contributed by atoms with E-state index in [1.807, 2.05) is 76.2 Å². The third-order valence-corrected chi connectivity index (χ3v) is 26.3. The van der Waals surface area contributed by atoms with Gasteiger partial charge in [-0.1, -0.05) is 145 Å². The molecule has 0 unspecified atom stereocenters. The Morgan fingerprint density at radius 3 is 1.59 bits per heavy atom. The Morgan fingerprint density at radius 2 is 0.991 bits per heavy atom. The van der Waals surface area contributed by atoms with E-state index < -0.39 is 14.4 Å². The fourth-order valence-corrected chi connectivity index (χ4v) is 20.3. The summed E-state index contributed by atoms with van der Waals surface area (Å²) in [5.74, 6) is 3.43. The minimum atomic E-state index is -3.63. The minimum absolute atomic E-state index is 0.0543. The van der Waals surface area contributed by atoms with Crippen LogP contribution in [-0.2, 0) is 31.2 Å². The second-order valence-electron chi connectivity index (χ2n) is 32.2. The Balaban J connectivity index is 0.000000121. The molecule has 18 rings (SSSR count). The Bertz CT molecular complexity index is 5970. The van der Waals surface area contributed by atoms with Crippen molar-refractivity contribution < 1.29 is 27.4 Å². The summed E-state index contributed by atoms with van der Waals surface area (Å²) >= 11 is 3.43. The van der Waals surface area contributed by atoms with Crippen molar-refractivity contribution in [1.29, 1.82) is 0 Å². The fourth-order valence-electron chi connectivity index (χ4n) is 15.1. The van der Waals surface area contributed by atoms with Gasteiger partial charge < -0.3 is 46.0 Å². The van der Waals surface area contributed by atoms with Gasteiger partial charge in [-0.15, -0.1) is 36.6 Å². The quantitative estimate of drug-likeness (QED) is 0.0876. The number of thiazole rings is 1. The third kappa shape index (κ3) is 17.5. The number of hydrogen-bond donors (Lipinski definition) is 0. The molecule has 16 aromatic rings. The Hall–Kier alpha value is -11.1. The van der Waals surface area contributed by atoms with Crippen LogP contribution in [0.1, 0.15) is 199 Å². The second kappa shape index (κ2) is 34.8. The Labute approximate surface area is 686 Å². The SMILES string of the molecule is CCc1cn(-c2ccc(C(C)C)c3c2ncn3C)cn1.COCc1ncn(-c2ccc(C(C)C)c3ncsc23)n1.Cc1cn(-c2ccc(C(C)C)c3c2CC[Si]3(C)C)cn1.Cc1cn(-c2ccc(C(C)C)c3c2OC(F)(F)O3)cn1.Cc1cn(-c2ccc(C(C)C)c3ccsc23)cn1.Cc1cn(-c2ccc(C(C)C)c3ncoc23)cn1. The van der Waals surface area contributed by atoms with E-state index in [1.54, 1.807) is 92.7 Å². The molecule has 0 saturated heterocycles. The van der Waals surface area contributed by atoms with E-state index in [2.05, 4.69) is 272 Å². The molecule has 21 nitrogen and oxygen atoms in total. The second-order valence-corrected chi connectivity index (χ2v) is 38.7. The van der Waals surface area contributed by atoms with Crippen molar-refractivity contribution in [2.75, 3.05) is 7.11 Å². The lowest BCUT2D eigenvalue weighted by atomic mass is 9.98. The van der Waals surface area contributed by atoms with Crippen molar-refractivity contribution in [1.82, 2.24) is 82.0 Å².